The number of halogens is 1. The van der Waals surface area contributed by atoms with Crippen molar-refractivity contribution < 1.29 is 8.42 Å². The van der Waals surface area contributed by atoms with Gasteiger partial charge in [0, 0.05) is 32.4 Å². The third-order valence-electron chi connectivity index (χ3n) is 4.36. The predicted octanol–water partition coefficient (Wildman–Crippen LogP) is 3.76. The molecule has 0 spiro atoms. The van der Waals surface area contributed by atoms with Crippen molar-refractivity contribution in [3.63, 3.8) is 0 Å². The fourth-order valence-corrected chi connectivity index (χ4v) is 4.70. The summed E-state index contributed by atoms with van der Waals surface area (Å²) in [5.74, 6) is 0. The standard InChI is InChI=1S/C18H21ClN2O2S/c1-20(24(22,23)18-11-5-3-9-16(18)19)14-15-8-2-4-10-17(15)21-12-6-7-13-21/h2-5,8-11H,6-7,12-14H2,1H3. The summed E-state index contributed by atoms with van der Waals surface area (Å²) in [6.45, 7) is 2.37. The smallest absolute Gasteiger partial charge is 0.244 e. The predicted molar refractivity (Wildman–Crippen MR) is 98.0 cm³/mol. The van der Waals surface area contributed by atoms with Crippen LogP contribution in [0.3, 0.4) is 0 Å². The minimum absolute atomic E-state index is 0.146. The van der Waals surface area contributed by atoms with Crippen LogP contribution in [0.2, 0.25) is 5.02 Å². The van der Waals surface area contributed by atoms with Crippen molar-refractivity contribution in [2.45, 2.75) is 24.3 Å². The lowest BCUT2D eigenvalue weighted by Crippen LogP contribution is -2.28. The average molecular weight is 365 g/mol. The van der Waals surface area contributed by atoms with Crippen LogP contribution in [0.15, 0.2) is 53.4 Å². The zero-order valence-corrected chi connectivity index (χ0v) is 15.2. The molecule has 24 heavy (non-hydrogen) atoms. The summed E-state index contributed by atoms with van der Waals surface area (Å²) >= 11 is 6.08. The Bertz CT molecular complexity index is 817. The van der Waals surface area contributed by atoms with Gasteiger partial charge in [0.05, 0.1) is 5.02 Å². The molecule has 1 saturated heterocycles. The highest BCUT2D eigenvalue weighted by Gasteiger charge is 2.25. The van der Waals surface area contributed by atoms with E-state index < -0.39 is 10.0 Å². The van der Waals surface area contributed by atoms with Gasteiger partial charge < -0.3 is 4.90 Å². The molecule has 1 aliphatic rings. The molecule has 1 aliphatic heterocycles. The lowest BCUT2D eigenvalue weighted by molar-refractivity contribution is 0.467. The normalized spacial score (nSPS) is 15.2. The molecule has 1 heterocycles. The van der Waals surface area contributed by atoms with Crippen LogP contribution in [-0.4, -0.2) is 32.9 Å². The number of hydrogen-bond acceptors (Lipinski definition) is 3. The zero-order chi connectivity index (χ0) is 17.2. The van der Waals surface area contributed by atoms with Gasteiger partial charge in [-0.3, -0.25) is 0 Å². The molecule has 128 valence electrons. The minimum atomic E-state index is -3.63. The van der Waals surface area contributed by atoms with Crippen molar-refractivity contribution in [2.24, 2.45) is 0 Å². The summed E-state index contributed by atoms with van der Waals surface area (Å²) in [6, 6.07) is 14.6. The lowest BCUT2D eigenvalue weighted by atomic mass is 10.1. The highest BCUT2D eigenvalue weighted by molar-refractivity contribution is 7.89. The van der Waals surface area contributed by atoms with Crippen LogP contribution < -0.4 is 4.90 Å². The molecule has 4 nitrogen and oxygen atoms in total. The lowest BCUT2D eigenvalue weighted by Gasteiger charge is -2.24. The molecular weight excluding hydrogens is 344 g/mol. The number of benzene rings is 2. The van der Waals surface area contributed by atoms with Crippen molar-refractivity contribution >= 4 is 27.3 Å². The minimum Gasteiger partial charge on any atom is -0.371 e. The fourth-order valence-electron chi connectivity index (χ4n) is 3.06. The average Bonchev–Trinajstić information content (AvgIpc) is 3.10. The summed E-state index contributed by atoms with van der Waals surface area (Å²) in [7, 11) is -2.03. The Hall–Kier alpha value is -1.56. The molecule has 3 rings (SSSR count). The van der Waals surface area contributed by atoms with Gasteiger partial charge in [-0.15, -0.1) is 0 Å². The first-order chi connectivity index (χ1) is 11.5. The first-order valence-electron chi connectivity index (χ1n) is 8.04. The molecule has 0 aromatic heterocycles. The monoisotopic (exact) mass is 364 g/mol. The van der Waals surface area contributed by atoms with Crippen molar-refractivity contribution in [1.82, 2.24) is 4.31 Å². The summed E-state index contributed by atoms with van der Waals surface area (Å²) < 4.78 is 27.0. The molecule has 2 aromatic rings. The summed E-state index contributed by atoms with van der Waals surface area (Å²) in [6.07, 6.45) is 2.37. The van der Waals surface area contributed by atoms with E-state index in [1.54, 1.807) is 31.3 Å². The summed E-state index contributed by atoms with van der Waals surface area (Å²) in [5, 5.41) is 0.247. The maximum atomic E-state index is 12.8. The Morgan fingerprint density at radius 1 is 1.04 bits per heavy atom. The van der Waals surface area contributed by atoms with E-state index in [2.05, 4.69) is 11.0 Å². The van der Waals surface area contributed by atoms with Gasteiger partial charge in [-0.05, 0) is 36.6 Å². The molecule has 0 aliphatic carbocycles. The maximum Gasteiger partial charge on any atom is 0.244 e. The Kier molecular flexibility index (Phi) is 5.13. The number of anilines is 1. The molecule has 0 atom stereocenters. The first kappa shape index (κ1) is 17.3. The van der Waals surface area contributed by atoms with Crippen LogP contribution in [0.25, 0.3) is 0 Å². The highest BCUT2D eigenvalue weighted by atomic mass is 35.5. The van der Waals surface area contributed by atoms with E-state index in [1.165, 1.54) is 17.1 Å². The van der Waals surface area contributed by atoms with Crippen LogP contribution in [0, 0.1) is 0 Å². The van der Waals surface area contributed by atoms with Gasteiger partial charge in [0.2, 0.25) is 10.0 Å². The molecule has 0 saturated carbocycles. The van der Waals surface area contributed by atoms with E-state index in [1.807, 2.05) is 18.2 Å². The Labute approximate surface area is 148 Å². The second-order valence-electron chi connectivity index (χ2n) is 6.01. The van der Waals surface area contributed by atoms with Crippen molar-refractivity contribution in [2.75, 3.05) is 25.0 Å². The number of nitrogens with zero attached hydrogens (tertiary/aromatic N) is 2. The second-order valence-corrected chi connectivity index (χ2v) is 8.43. The molecule has 0 amide bonds. The Balaban J connectivity index is 1.87. The Morgan fingerprint density at radius 3 is 2.38 bits per heavy atom. The van der Waals surface area contributed by atoms with Crippen molar-refractivity contribution in [3.05, 3.63) is 59.1 Å². The van der Waals surface area contributed by atoms with Crippen LogP contribution in [0.1, 0.15) is 18.4 Å². The SMILES string of the molecule is CN(Cc1ccccc1N1CCCC1)S(=O)(=O)c1ccccc1Cl. The largest absolute Gasteiger partial charge is 0.371 e. The number of hydrogen-bond donors (Lipinski definition) is 0. The number of rotatable bonds is 5. The van der Waals surface area contributed by atoms with Crippen LogP contribution in [0.4, 0.5) is 5.69 Å². The van der Waals surface area contributed by atoms with Crippen LogP contribution in [0.5, 0.6) is 0 Å². The van der Waals surface area contributed by atoms with Gasteiger partial charge in [-0.1, -0.05) is 41.9 Å². The topological polar surface area (TPSA) is 40.6 Å². The molecular formula is C18H21ClN2O2S. The van der Waals surface area contributed by atoms with Gasteiger partial charge >= 0.3 is 0 Å². The van der Waals surface area contributed by atoms with Gasteiger partial charge in [-0.25, -0.2) is 8.42 Å². The zero-order valence-electron chi connectivity index (χ0n) is 13.7. The molecule has 0 unspecified atom stereocenters. The highest BCUT2D eigenvalue weighted by Crippen LogP contribution is 2.28. The van der Waals surface area contributed by atoms with Crippen LogP contribution >= 0.6 is 11.6 Å². The summed E-state index contributed by atoms with van der Waals surface area (Å²) in [5.41, 5.74) is 2.13. The van der Waals surface area contributed by atoms with E-state index in [0.717, 1.165) is 24.3 Å². The van der Waals surface area contributed by atoms with E-state index in [9.17, 15) is 8.42 Å². The van der Waals surface area contributed by atoms with E-state index in [0.29, 0.717) is 6.54 Å². The summed E-state index contributed by atoms with van der Waals surface area (Å²) in [4.78, 5) is 2.47. The van der Waals surface area contributed by atoms with E-state index in [4.69, 9.17) is 11.6 Å². The molecule has 0 bridgehead atoms. The third kappa shape index (κ3) is 3.43. The maximum absolute atomic E-state index is 12.8. The molecule has 0 N–H and O–H groups in total. The quantitative estimate of drug-likeness (QED) is 0.811. The molecule has 0 radical (unpaired) electrons. The second kappa shape index (κ2) is 7.13. The van der Waals surface area contributed by atoms with Gasteiger partial charge in [0.25, 0.3) is 0 Å². The van der Waals surface area contributed by atoms with E-state index >= 15 is 0 Å². The fraction of sp³-hybridized carbons (Fsp3) is 0.333. The first-order valence-corrected chi connectivity index (χ1v) is 9.85. The van der Waals surface area contributed by atoms with Gasteiger partial charge in [0.1, 0.15) is 4.90 Å². The van der Waals surface area contributed by atoms with Crippen molar-refractivity contribution in [3.8, 4) is 0 Å². The van der Waals surface area contributed by atoms with Crippen molar-refractivity contribution in [1.29, 1.82) is 0 Å². The molecule has 1 fully saturated rings. The third-order valence-corrected chi connectivity index (χ3v) is 6.66. The van der Waals surface area contributed by atoms with Gasteiger partial charge in [-0.2, -0.15) is 4.31 Å². The molecule has 6 heteroatoms. The van der Waals surface area contributed by atoms with Crippen LogP contribution in [-0.2, 0) is 16.6 Å². The van der Waals surface area contributed by atoms with E-state index in [-0.39, 0.29) is 9.92 Å². The van der Waals surface area contributed by atoms with Gasteiger partial charge in [0.15, 0.2) is 0 Å². The number of para-hydroxylation sites is 1. The Morgan fingerprint density at radius 2 is 1.67 bits per heavy atom. The number of sulfonamides is 1. The molecule has 2 aromatic carbocycles.